The number of allylic oxidation sites excluding steroid dienone is 1. The fraction of sp³-hybridized carbons (Fsp3) is 0.375. The zero-order valence-electron chi connectivity index (χ0n) is 25.4. The number of ether oxygens (including phenoxy) is 2. The first-order chi connectivity index (χ1) is 21.2. The summed E-state index contributed by atoms with van der Waals surface area (Å²) in [7, 11) is 3.77. The van der Waals surface area contributed by atoms with Crippen LogP contribution in [0.25, 0.3) is 28.6 Å². The zero-order valence-corrected chi connectivity index (χ0v) is 25.4. The second kappa shape index (κ2) is 12.1. The highest BCUT2D eigenvalue weighted by atomic mass is 16.5. The number of likely N-dealkylation sites (N-methyl/N-ethyl adjacent to an activating group) is 1. The van der Waals surface area contributed by atoms with E-state index < -0.39 is 6.03 Å². The molecule has 2 amide bonds. The Kier molecular flexibility index (Phi) is 8.11. The highest BCUT2D eigenvalue weighted by molar-refractivity contribution is 6.15. The van der Waals surface area contributed by atoms with Gasteiger partial charge in [-0.15, -0.1) is 0 Å². The Hall–Kier alpha value is -4.68. The molecule has 6 rings (SSSR count). The second-order valence-corrected chi connectivity index (χ2v) is 11.5. The lowest BCUT2D eigenvalue weighted by Crippen LogP contribution is -2.45. The number of hydrogen-bond donors (Lipinski definition) is 2. The molecule has 0 radical (unpaired) electrons. The van der Waals surface area contributed by atoms with E-state index in [0.29, 0.717) is 41.0 Å². The number of piperazine rings is 1. The van der Waals surface area contributed by atoms with E-state index in [1.54, 1.807) is 31.4 Å². The third kappa shape index (κ3) is 5.78. The maximum Gasteiger partial charge on any atom is 0.312 e. The van der Waals surface area contributed by atoms with Crippen molar-refractivity contribution in [2.24, 2.45) is 5.73 Å². The van der Waals surface area contributed by atoms with Crippen LogP contribution in [0.2, 0.25) is 0 Å². The molecule has 4 aromatic rings. The Morgan fingerprint density at radius 2 is 1.93 bits per heavy atom. The summed E-state index contributed by atoms with van der Waals surface area (Å²) in [6.45, 7) is 9.77. The molecule has 2 aromatic heterocycles. The van der Waals surface area contributed by atoms with Crippen molar-refractivity contribution in [1.82, 2.24) is 29.8 Å². The molecule has 2 aliphatic heterocycles. The Morgan fingerprint density at radius 1 is 1.14 bits per heavy atom. The van der Waals surface area contributed by atoms with Gasteiger partial charge in [0.15, 0.2) is 11.6 Å². The van der Waals surface area contributed by atoms with Crippen LogP contribution in [0.5, 0.6) is 11.5 Å². The topological polar surface area (TPSA) is 141 Å². The molecule has 1 saturated heterocycles. The van der Waals surface area contributed by atoms with Crippen LogP contribution in [0.15, 0.2) is 46.7 Å². The molecular formula is C32H37N7O5. The summed E-state index contributed by atoms with van der Waals surface area (Å²) in [5.74, 6) is 2.09. The lowest BCUT2D eigenvalue weighted by atomic mass is 10.0. The molecule has 12 nitrogen and oxygen atoms in total. The van der Waals surface area contributed by atoms with Crippen molar-refractivity contribution in [2.45, 2.75) is 32.9 Å². The average molecular weight is 600 g/mol. The number of benzene rings is 2. The SMILES string of the molecule is COc1ccc2c(c1)c(C=C1Oc3ccc(CNC(N)=O)cc3C1=O)c(-c1nc(C(C)C)no1)n2CCN1CCN(C)CC1. The summed E-state index contributed by atoms with van der Waals surface area (Å²) >= 11 is 0. The standard InChI is InChI=1S/C32H37N7O5/c1-19(2)30-35-31(44-36-30)28-23(17-27-29(40)24-15-20(18-34-32(33)41)5-8-26(24)43-27)22-16-21(42-4)6-7-25(22)39(28)14-13-38-11-9-37(3)10-12-38/h5-8,15-17,19H,9-14,18H2,1-4H3,(H3,33,34,41). The normalized spacial score (nSPS) is 16.6. The first-order valence-corrected chi connectivity index (χ1v) is 14.8. The predicted octanol–water partition coefficient (Wildman–Crippen LogP) is 3.86. The quantitative estimate of drug-likeness (QED) is 0.274. The van der Waals surface area contributed by atoms with Crippen molar-refractivity contribution in [3.63, 3.8) is 0 Å². The third-order valence-electron chi connectivity index (χ3n) is 8.18. The summed E-state index contributed by atoms with van der Waals surface area (Å²) in [6, 6.07) is 10.5. The molecular weight excluding hydrogens is 562 g/mol. The van der Waals surface area contributed by atoms with E-state index in [-0.39, 0.29) is 24.0 Å². The summed E-state index contributed by atoms with van der Waals surface area (Å²) in [5, 5.41) is 7.68. The van der Waals surface area contributed by atoms with E-state index in [9.17, 15) is 9.59 Å². The largest absolute Gasteiger partial charge is 0.497 e. The van der Waals surface area contributed by atoms with Crippen molar-refractivity contribution in [1.29, 1.82) is 0 Å². The van der Waals surface area contributed by atoms with E-state index >= 15 is 0 Å². The number of aromatic nitrogens is 3. The van der Waals surface area contributed by atoms with E-state index in [1.165, 1.54) is 0 Å². The van der Waals surface area contributed by atoms with Gasteiger partial charge in [0.05, 0.1) is 12.7 Å². The molecule has 3 N–H and O–H groups in total. The van der Waals surface area contributed by atoms with Gasteiger partial charge in [0.1, 0.15) is 17.2 Å². The fourth-order valence-corrected chi connectivity index (χ4v) is 5.64. The molecule has 2 aliphatic rings. The minimum absolute atomic E-state index is 0.0741. The fourth-order valence-electron chi connectivity index (χ4n) is 5.64. The minimum atomic E-state index is -0.637. The number of fused-ring (bicyclic) bond motifs is 2. The van der Waals surface area contributed by atoms with Gasteiger partial charge in [-0.3, -0.25) is 9.69 Å². The molecule has 0 atom stereocenters. The predicted molar refractivity (Wildman–Crippen MR) is 166 cm³/mol. The van der Waals surface area contributed by atoms with Gasteiger partial charge in [0.25, 0.3) is 5.89 Å². The van der Waals surface area contributed by atoms with Gasteiger partial charge in [0.2, 0.25) is 5.78 Å². The highest BCUT2D eigenvalue weighted by Crippen LogP contribution is 2.39. The average Bonchev–Trinajstić information content (AvgIpc) is 3.70. The molecule has 44 heavy (non-hydrogen) atoms. The Bertz CT molecular complexity index is 1750. The smallest absolute Gasteiger partial charge is 0.312 e. The lowest BCUT2D eigenvalue weighted by Gasteiger charge is -2.32. The Morgan fingerprint density at radius 3 is 2.64 bits per heavy atom. The van der Waals surface area contributed by atoms with Crippen LogP contribution in [-0.2, 0) is 13.1 Å². The zero-order chi connectivity index (χ0) is 31.0. The molecule has 12 heteroatoms. The first-order valence-electron chi connectivity index (χ1n) is 14.8. The number of primary amides is 1. The maximum absolute atomic E-state index is 13.7. The summed E-state index contributed by atoms with van der Waals surface area (Å²) in [4.78, 5) is 34.4. The third-order valence-corrected chi connectivity index (χ3v) is 8.18. The van der Waals surface area contributed by atoms with Crippen LogP contribution in [0.4, 0.5) is 4.79 Å². The number of carbonyl (C=O) groups is 2. The number of carbonyl (C=O) groups excluding carboxylic acids is 2. The number of amides is 2. The van der Waals surface area contributed by atoms with Crippen molar-refractivity contribution < 1.29 is 23.6 Å². The van der Waals surface area contributed by atoms with Crippen LogP contribution >= 0.6 is 0 Å². The van der Waals surface area contributed by atoms with Crippen LogP contribution < -0.4 is 20.5 Å². The van der Waals surface area contributed by atoms with Gasteiger partial charge in [-0.05, 0) is 49.0 Å². The molecule has 4 heterocycles. The number of urea groups is 1. The van der Waals surface area contributed by atoms with Crippen molar-refractivity contribution >= 4 is 28.8 Å². The van der Waals surface area contributed by atoms with Gasteiger partial charge >= 0.3 is 6.03 Å². The van der Waals surface area contributed by atoms with E-state index in [2.05, 4.69) is 31.9 Å². The van der Waals surface area contributed by atoms with Gasteiger partial charge in [-0.2, -0.15) is 4.98 Å². The highest BCUT2D eigenvalue weighted by Gasteiger charge is 2.31. The van der Waals surface area contributed by atoms with Crippen molar-refractivity contribution in [2.75, 3.05) is 46.9 Å². The molecule has 0 aliphatic carbocycles. The Labute approximate surface area is 255 Å². The monoisotopic (exact) mass is 599 g/mol. The van der Waals surface area contributed by atoms with Crippen LogP contribution in [-0.4, -0.2) is 83.2 Å². The maximum atomic E-state index is 13.7. The second-order valence-electron chi connectivity index (χ2n) is 11.5. The molecule has 0 bridgehead atoms. The van der Waals surface area contributed by atoms with E-state index in [4.69, 9.17) is 24.7 Å². The number of Topliss-reactive ketones (excluding diaryl/α,β-unsaturated/α-hetero) is 1. The summed E-state index contributed by atoms with van der Waals surface area (Å²) in [5.41, 5.74) is 8.77. The van der Waals surface area contributed by atoms with E-state index in [0.717, 1.165) is 54.8 Å². The molecule has 230 valence electrons. The van der Waals surface area contributed by atoms with Gasteiger partial charge in [-0.1, -0.05) is 25.1 Å². The molecule has 0 saturated carbocycles. The van der Waals surface area contributed by atoms with Crippen molar-refractivity contribution in [3.8, 4) is 23.1 Å². The Balaban J connectivity index is 1.46. The van der Waals surface area contributed by atoms with Crippen LogP contribution in [0.1, 0.15) is 47.1 Å². The van der Waals surface area contributed by atoms with Crippen molar-refractivity contribution in [3.05, 3.63) is 64.7 Å². The molecule has 0 spiro atoms. The summed E-state index contributed by atoms with van der Waals surface area (Å²) < 4.78 is 19.8. The molecule has 0 unspecified atom stereocenters. The molecule has 1 fully saturated rings. The number of methoxy groups -OCH3 is 1. The van der Waals surface area contributed by atoms with Gasteiger partial charge in [0, 0.05) is 68.2 Å². The summed E-state index contributed by atoms with van der Waals surface area (Å²) in [6.07, 6.45) is 1.76. The van der Waals surface area contributed by atoms with E-state index in [1.807, 2.05) is 32.0 Å². The first kappa shape index (κ1) is 29.4. The van der Waals surface area contributed by atoms with Gasteiger partial charge < -0.3 is 34.5 Å². The number of nitrogens with one attached hydrogen (secondary N) is 1. The van der Waals surface area contributed by atoms with Gasteiger partial charge in [-0.25, -0.2) is 4.79 Å². The van der Waals surface area contributed by atoms with Crippen LogP contribution in [0, 0.1) is 0 Å². The molecule has 2 aromatic carbocycles. The minimum Gasteiger partial charge on any atom is -0.497 e. The lowest BCUT2D eigenvalue weighted by molar-refractivity contribution is 0.101. The number of ketones is 1. The van der Waals surface area contributed by atoms with Crippen LogP contribution in [0.3, 0.4) is 0 Å². The number of nitrogens with zero attached hydrogens (tertiary/aromatic N) is 5. The number of rotatable bonds is 9. The number of hydrogen-bond acceptors (Lipinski definition) is 9. The number of nitrogens with two attached hydrogens (primary N) is 1.